The smallest absolute Gasteiger partial charge is 0.222 e. The number of nitrogens with one attached hydrogen (secondary N) is 1. The Labute approximate surface area is 110 Å². The molecule has 18 heavy (non-hydrogen) atoms. The number of hydrogen-bond donors (Lipinski definition) is 1. The third-order valence-electron chi connectivity index (χ3n) is 5.35. The van der Waals surface area contributed by atoms with Crippen molar-refractivity contribution in [1.29, 1.82) is 0 Å². The van der Waals surface area contributed by atoms with E-state index in [0.717, 1.165) is 31.3 Å². The number of hydrogen-bond acceptors (Lipinski definition) is 2. The molecular weight excluding hydrogens is 224 g/mol. The Morgan fingerprint density at radius 3 is 2.39 bits per heavy atom. The molecule has 1 N–H and O–H groups in total. The Morgan fingerprint density at radius 1 is 1.06 bits per heavy atom. The topological polar surface area (TPSA) is 32.3 Å². The van der Waals surface area contributed by atoms with E-state index in [1.165, 1.54) is 51.6 Å². The Morgan fingerprint density at radius 2 is 1.83 bits per heavy atom. The van der Waals surface area contributed by atoms with Crippen molar-refractivity contribution >= 4 is 5.91 Å². The van der Waals surface area contributed by atoms with Gasteiger partial charge in [-0.25, -0.2) is 0 Å². The standard InChI is InChI=1S/C15H26N2O/c18-15(10-12-2-1-3-12)17-8-5-13(6-9-17)14-4-7-16-11-14/h12-14,16H,1-11H2. The van der Waals surface area contributed by atoms with E-state index in [0.29, 0.717) is 11.8 Å². The predicted molar refractivity (Wildman–Crippen MR) is 72.2 cm³/mol. The summed E-state index contributed by atoms with van der Waals surface area (Å²) in [5.74, 6) is 2.90. The quantitative estimate of drug-likeness (QED) is 0.831. The van der Waals surface area contributed by atoms with E-state index in [9.17, 15) is 4.79 Å². The van der Waals surface area contributed by atoms with Crippen LogP contribution in [0.15, 0.2) is 0 Å². The molecule has 2 heterocycles. The molecule has 1 aliphatic carbocycles. The summed E-state index contributed by atoms with van der Waals surface area (Å²) in [6.07, 6.45) is 8.57. The highest BCUT2D eigenvalue weighted by atomic mass is 16.2. The minimum Gasteiger partial charge on any atom is -0.343 e. The van der Waals surface area contributed by atoms with Gasteiger partial charge in [-0.05, 0) is 62.9 Å². The lowest BCUT2D eigenvalue weighted by molar-refractivity contribution is -0.134. The monoisotopic (exact) mass is 250 g/mol. The van der Waals surface area contributed by atoms with Gasteiger partial charge in [0.25, 0.3) is 0 Å². The van der Waals surface area contributed by atoms with Crippen LogP contribution in [0.4, 0.5) is 0 Å². The molecule has 2 saturated heterocycles. The van der Waals surface area contributed by atoms with Gasteiger partial charge in [0.1, 0.15) is 0 Å². The second kappa shape index (κ2) is 5.60. The zero-order chi connectivity index (χ0) is 12.4. The maximum Gasteiger partial charge on any atom is 0.222 e. The largest absolute Gasteiger partial charge is 0.343 e. The van der Waals surface area contributed by atoms with E-state index >= 15 is 0 Å². The fraction of sp³-hybridized carbons (Fsp3) is 0.933. The molecule has 3 fully saturated rings. The van der Waals surface area contributed by atoms with E-state index in [2.05, 4.69) is 10.2 Å². The van der Waals surface area contributed by atoms with Gasteiger partial charge in [-0.2, -0.15) is 0 Å². The van der Waals surface area contributed by atoms with E-state index in [1.54, 1.807) is 0 Å². The zero-order valence-electron chi connectivity index (χ0n) is 11.4. The molecule has 1 atom stereocenters. The second-order valence-corrected chi connectivity index (χ2v) is 6.47. The molecule has 3 rings (SSSR count). The van der Waals surface area contributed by atoms with Crippen LogP contribution >= 0.6 is 0 Å². The minimum atomic E-state index is 0.433. The summed E-state index contributed by atoms with van der Waals surface area (Å²) in [5.41, 5.74) is 0. The molecule has 1 amide bonds. The fourth-order valence-corrected chi connectivity index (χ4v) is 3.77. The highest BCUT2D eigenvalue weighted by molar-refractivity contribution is 5.76. The van der Waals surface area contributed by atoms with Crippen molar-refractivity contribution < 1.29 is 4.79 Å². The van der Waals surface area contributed by atoms with Gasteiger partial charge in [0, 0.05) is 19.5 Å². The number of likely N-dealkylation sites (tertiary alicyclic amines) is 1. The average molecular weight is 250 g/mol. The van der Waals surface area contributed by atoms with Gasteiger partial charge in [-0.15, -0.1) is 0 Å². The number of amides is 1. The van der Waals surface area contributed by atoms with E-state index in [-0.39, 0.29) is 0 Å². The zero-order valence-corrected chi connectivity index (χ0v) is 11.4. The number of rotatable bonds is 3. The molecule has 0 spiro atoms. The summed E-state index contributed by atoms with van der Waals surface area (Å²) in [5, 5.41) is 3.46. The van der Waals surface area contributed by atoms with Gasteiger partial charge >= 0.3 is 0 Å². The highest BCUT2D eigenvalue weighted by Gasteiger charge is 2.31. The van der Waals surface area contributed by atoms with Gasteiger partial charge in [0.2, 0.25) is 5.91 Å². The van der Waals surface area contributed by atoms with Crippen molar-refractivity contribution in [3.8, 4) is 0 Å². The van der Waals surface area contributed by atoms with Crippen LogP contribution < -0.4 is 5.32 Å². The molecule has 3 aliphatic rings. The summed E-state index contributed by atoms with van der Waals surface area (Å²) >= 11 is 0. The van der Waals surface area contributed by atoms with Crippen LogP contribution in [0.2, 0.25) is 0 Å². The van der Waals surface area contributed by atoms with Crippen LogP contribution in [0, 0.1) is 17.8 Å². The molecular formula is C15H26N2O. The molecule has 0 aromatic heterocycles. The SMILES string of the molecule is O=C(CC1CCC1)N1CCC(C2CCNC2)CC1. The molecule has 0 aromatic rings. The first-order chi connectivity index (χ1) is 8.83. The van der Waals surface area contributed by atoms with Crippen LogP contribution in [-0.4, -0.2) is 37.0 Å². The molecule has 3 heteroatoms. The van der Waals surface area contributed by atoms with Crippen molar-refractivity contribution in [3.05, 3.63) is 0 Å². The van der Waals surface area contributed by atoms with E-state index < -0.39 is 0 Å². The summed E-state index contributed by atoms with van der Waals surface area (Å²) in [6, 6.07) is 0. The Hall–Kier alpha value is -0.570. The fourth-order valence-electron chi connectivity index (χ4n) is 3.77. The average Bonchev–Trinajstić information content (AvgIpc) is 2.87. The normalized spacial score (nSPS) is 30.4. The minimum absolute atomic E-state index is 0.433. The Bertz CT molecular complexity index is 287. The van der Waals surface area contributed by atoms with E-state index in [4.69, 9.17) is 0 Å². The molecule has 1 unspecified atom stereocenters. The van der Waals surface area contributed by atoms with Gasteiger partial charge in [-0.1, -0.05) is 6.42 Å². The Kier molecular flexibility index (Phi) is 3.88. The van der Waals surface area contributed by atoms with Crippen LogP contribution in [0.3, 0.4) is 0 Å². The van der Waals surface area contributed by atoms with Crippen molar-refractivity contribution in [2.24, 2.45) is 17.8 Å². The van der Waals surface area contributed by atoms with Crippen molar-refractivity contribution in [2.75, 3.05) is 26.2 Å². The third-order valence-corrected chi connectivity index (χ3v) is 5.35. The molecule has 0 radical (unpaired) electrons. The number of nitrogens with zero attached hydrogens (tertiary/aromatic N) is 1. The molecule has 3 nitrogen and oxygen atoms in total. The predicted octanol–water partition coefficient (Wildman–Crippen LogP) is 2.02. The first-order valence-corrected chi connectivity index (χ1v) is 7.81. The summed E-state index contributed by atoms with van der Waals surface area (Å²) in [7, 11) is 0. The van der Waals surface area contributed by atoms with Crippen molar-refractivity contribution in [3.63, 3.8) is 0 Å². The first-order valence-electron chi connectivity index (χ1n) is 7.81. The molecule has 2 aliphatic heterocycles. The van der Waals surface area contributed by atoms with Gasteiger partial charge in [0.15, 0.2) is 0 Å². The first kappa shape index (κ1) is 12.5. The maximum absolute atomic E-state index is 12.1. The van der Waals surface area contributed by atoms with Crippen LogP contribution in [0.5, 0.6) is 0 Å². The number of piperidine rings is 1. The molecule has 0 aromatic carbocycles. The summed E-state index contributed by atoms with van der Waals surface area (Å²) in [4.78, 5) is 14.3. The van der Waals surface area contributed by atoms with Crippen LogP contribution in [0.1, 0.15) is 44.9 Å². The van der Waals surface area contributed by atoms with E-state index in [1.807, 2.05) is 0 Å². The van der Waals surface area contributed by atoms with Gasteiger partial charge in [0.05, 0.1) is 0 Å². The van der Waals surface area contributed by atoms with Crippen molar-refractivity contribution in [1.82, 2.24) is 10.2 Å². The lowest BCUT2D eigenvalue weighted by Crippen LogP contribution is -2.41. The molecule has 102 valence electrons. The Balaban J connectivity index is 1.42. The lowest BCUT2D eigenvalue weighted by atomic mass is 9.81. The van der Waals surface area contributed by atoms with Crippen LogP contribution in [-0.2, 0) is 4.79 Å². The van der Waals surface area contributed by atoms with Crippen molar-refractivity contribution in [2.45, 2.75) is 44.9 Å². The highest BCUT2D eigenvalue weighted by Crippen LogP contribution is 2.32. The number of carbonyl (C=O) groups excluding carboxylic acids is 1. The van der Waals surface area contributed by atoms with Gasteiger partial charge < -0.3 is 10.2 Å². The van der Waals surface area contributed by atoms with Crippen LogP contribution in [0.25, 0.3) is 0 Å². The van der Waals surface area contributed by atoms with Gasteiger partial charge in [-0.3, -0.25) is 4.79 Å². The molecule has 1 saturated carbocycles. The molecule has 0 bridgehead atoms. The lowest BCUT2D eigenvalue weighted by Gasteiger charge is -2.36. The maximum atomic E-state index is 12.1. The summed E-state index contributed by atoms with van der Waals surface area (Å²) in [6.45, 7) is 4.45. The summed E-state index contributed by atoms with van der Waals surface area (Å²) < 4.78 is 0. The third kappa shape index (κ3) is 2.71. The second-order valence-electron chi connectivity index (χ2n) is 6.47. The number of carbonyl (C=O) groups is 1.